The molecule has 132 valence electrons. The summed E-state index contributed by atoms with van der Waals surface area (Å²) in [7, 11) is 1.68. The maximum Gasteiger partial charge on any atom is 0.234 e. The van der Waals surface area contributed by atoms with E-state index >= 15 is 0 Å². The van der Waals surface area contributed by atoms with Gasteiger partial charge in [0.05, 0.1) is 26.4 Å². The van der Waals surface area contributed by atoms with Gasteiger partial charge in [0.25, 0.3) is 0 Å². The number of fused-ring (bicyclic) bond motifs is 1. The summed E-state index contributed by atoms with van der Waals surface area (Å²) < 4.78 is 11.2. The molecule has 1 saturated carbocycles. The van der Waals surface area contributed by atoms with Gasteiger partial charge in [0, 0.05) is 19.1 Å². The van der Waals surface area contributed by atoms with Gasteiger partial charge >= 0.3 is 0 Å². The molecule has 0 spiro atoms. The third-order valence-electron chi connectivity index (χ3n) is 5.10. The summed E-state index contributed by atoms with van der Waals surface area (Å²) >= 11 is 0. The number of nitrogens with zero attached hydrogens (tertiary/aromatic N) is 1. The maximum atomic E-state index is 12.3. The highest BCUT2D eigenvalue weighted by molar-refractivity contribution is 5.78. The molecule has 1 aromatic carbocycles. The topological polar surface area (TPSA) is 50.8 Å². The van der Waals surface area contributed by atoms with Gasteiger partial charge in [0.15, 0.2) is 0 Å². The van der Waals surface area contributed by atoms with Gasteiger partial charge in [-0.1, -0.05) is 31.0 Å². The zero-order chi connectivity index (χ0) is 16.8. The Morgan fingerprint density at radius 2 is 2.17 bits per heavy atom. The van der Waals surface area contributed by atoms with E-state index < -0.39 is 0 Å². The molecule has 5 heteroatoms. The molecule has 1 aliphatic carbocycles. The van der Waals surface area contributed by atoms with Gasteiger partial charge in [0.2, 0.25) is 5.91 Å². The highest BCUT2D eigenvalue weighted by Crippen LogP contribution is 2.28. The molecule has 3 rings (SSSR count). The zero-order valence-electron chi connectivity index (χ0n) is 14.5. The van der Waals surface area contributed by atoms with Crippen LogP contribution in [-0.4, -0.2) is 56.3 Å². The second-order valence-corrected chi connectivity index (χ2v) is 6.64. The first-order valence-corrected chi connectivity index (χ1v) is 9.02. The summed E-state index contributed by atoms with van der Waals surface area (Å²) in [5.41, 5.74) is 1.12. The van der Waals surface area contributed by atoms with Gasteiger partial charge in [0.1, 0.15) is 5.75 Å². The Hall–Kier alpha value is -1.59. The van der Waals surface area contributed by atoms with Crippen LogP contribution in [0.5, 0.6) is 5.75 Å². The molecule has 1 heterocycles. The second-order valence-electron chi connectivity index (χ2n) is 6.64. The molecule has 1 aliphatic heterocycles. The van der Waals surface area contributed by atoms with E-state index in [0.29, 0.717) is 25.2 Å². The Morgan fingerprint density at radius 1 is 1.33 bits per heavy atom. The van der Waals surface area contributed by atoms with Gasteiger partial charge in [-0.15, -0.1) is 0 Å². The fraction of sp³-hybridized carbons (Fsp3) is 0.632. The molecule has 0 bridgehead atoms. The first kappa shape index (κ1) is 17.2. The van der Waals surface area contributed by atoms with Crippen LogP contribution >= 0.6 is 0 Å². The van der Waals surface area contributed by atoms with Crippen LogP contribution in [0.1, 0.15) is 31.2 Å². The Balaban J connectivity index is 1.45. The molecule has 2 fully saturated rings. The lowest BCUT2D eigenvalue weighted by Crippen LogP contribution is -2.55. The predicted molar refractivity (Wildman–Crippen MR) is 93.3 cm³/mol. The molecule has 0 radical (unpaired) electrons. The van der Waals surface area contributed by atoms with E-state index in [1.165, 1.54) is 12.8 Å². The highest BCUT2D eigenvalue weighted by Gasteiger charge is 2.34. The second kappa shape index (κ2) is 8.49. The number of amides is 1. The molecule has 2 atom stereocenters. The number of nitrogens with one attached hydrogen (secondary N) is 1. The number of hydrogen-bond acceptors (Lipinski definition) is 4. The van der Waals surface area contributed by atoms with Crippen molar-refractivity contribution < 1.29 is 14.3 Å². The molecular weight excluding hydrogens is 304 g/mol. The van der Waals surface area contributed by atoms with E-state index in [0.717, 1.165) is 43.7 Å². The largest absolute Gasteiger partial charge is 0.496 e. The molecule has 5 nitrogen and oxygen atoms in total. The van der Waals surface area contributed by atoms with Crippen LogP contribution in [0.2, 0.25) is 0 Å². The van der Waals surface area contributed by atoms with Crippen molar-refractivity contribution in [2.75, 3.05) is 33.4 Å². The third kappa shape index (κ3) is 4.28. The molecule has 0 aromatic heterocycles. The fourth-order valence-electron chi connectivity index (χ4n) is 3.86. The Kier molecular flexibility index (Phi) is 6.10. The molecular formula is C19H28N2O3. The van der Waals surface area contributed by atoms with Gasteiger partial charge in [-0.05, 0) is 30.9 Å². The molecule has 1 aromatic rings. The number of morpholine rings is 1. The number of carbonyl (C=O) groups excluding carboxylic acids is 1. The number of ether oxygens (including phenoxy) is 2. The van der Waals surface area contributed by atoms with Crippen molar-refractivity contribution >= 4 is 5.91 Å². The smallest absolute Gasteiger partial charge is 0.234 e. The summed E-state index contributed by atoms with van der Waals surface area (Å²) in [5, 5.41) is 3.05. The number of rotatable bonds is 6. The molecule has 1 N–H and O–H groups in total. The summed E-state index contributed by atoms with van der Waals surface area (Å²) in [4.78, 5) is 14.6. The van der Waals surface area contributed by atoms with E-state index in [1.54, 1.807) is 7.11 Å². The summed E-state index contributed by atoms with van der Waals surface area (Å²) in [6.45, 7) is 2.73. The SMILES string of the molecule is COc1ccccc1CCNC(=O)CN1CCO[C@@H]2CCCC[C@H]21. The van der Waals surface area contributed by atoms with Crippen LogP contribution < -0.4 is 10.1 Å². The molecule has 0 unspecified atom stereocenters. The standard InChI is InChI=1S/C19H28N2O3/c1-23-17-8-4-2-6-15(17)10-11-20-19(22)14-21-12-13-24-18-9-5-3-7-16(18)21/h2,4,6,8,16,18H,3,5,7,9-14H2,1H3,(H,20,22)/t16-,18-/m1/s1. The number of carbonyl (C=O) groups is 1. The highest BCUT2D eigenvalue weighted by atomic mass is 16.5. The van der Waals surface area contributed by atoms with Crippen molar-refractivity contribution in [3.05, 3.63) is 29.8 Å². The molecule has 24 heavy (non-hydrogen) atoms. The Labute approximate surface area is 144 Å². The van der Waals surface area contributed by atoms with Crippen LogP contribution in [0.25, 0.3) is 0 Å². The summed E-state index contributed by atoms with van der Waals surface area (Å²) in [6, 6.07) is 8.37. The van der Waals surface area contributed by atoms with E-state index in [9.17, 15) is 4.79 Å². The molecule has 2 aliphatic rings. The van der Waals surface area contributed by atoms with Crippen LogP contribution in [-0.2, 0) is 16.0 Å². The van der Waals surface area contributed by atoms with Crippen molar-refractivity contribution in [2.45, 2.75) is 44.2 Å². The number of hydrogen-bond donors (Lipinski definition) is 1. The van der Waals surface area contributed by atoms with Crippen LogP contribution in [0.3, 0.4) is 0 Å². The molecule has 1 amide bonds. The van der Waals surface area contributed by atoms with Crippen molar-refractivity contribution in [3.63, 3.8) is 0 Å². The van der Waals surface area contributed by atoms with Gasteiger partial charge in [-0.25, -0.2) is 0 Å². The van der Waals surface area contributed by atoms with E-state index in [2.05, 4.69) is 10.2 Å². The lowest BCUT2D eigenvalue weighted by molar-refractivity contribution is -0.129. The van der Waals surface area contributed by atoms with Gasteiger partial charge in [-0.3, -0.25) is 9.69 Å². The van der Waals surface area contributed by atoms with E-state index in [1.807, 2.05) is 24.3 Å². The quantitative estimate of drug-likeness (QED) is 0.866. The third-order valence-corrected chi connectivity index (χ3v) is 5.10. The lowest BCUT2D eigenvalue weighted by atomic mass is 9.90. The fourth-order valence-corrected chi connectivity index (χ4v) is 3.86. The zero-order valence-corrected chi connectivity index (χ0v) is 14.5. The van der Waals surface area contributed by atoms with Crippen molar-refractivity contribution in [2.24, 2.45) is 0 Å². The Bertz CT molecular complexity index is 547. The first-order chi connectivity index (χ1) is 11.8. The monoisotopic (exact) mass is 332 g/mol. The van der Waals surface area contributed by atoms with Crippen molar-refractivity contribution in [1.29, 1.82) is 0 Å². The number of para-hydroxylation sites is 1. The number of benzene rings is 1. The van der Waals surface area contributed by atoms with Crippen LogP contribution in [0, 0.1) is 0 Å². The van der Waals surface area contributed by atoms with E-state index in [-0.39, 0.29) is 5.91 Å². The molecule has 1 saturated heterocycles. The van der Waals surface area contributed by atoms with Crippen molar-refractivity contribution in [1.82, 2.24) is 10.2 Å². The normalized spacial score (nSPS) is 24.2. The summed E-state index contributed by atoms with van der Waals surface area (Å²) in [6.07, 6.45) is 5.89. The van der Waals surface area contributed by atoms with E-state index in [4.69, 9.17) is 9.47 Å². The average molecular weight is 332 g/mol. The lowest BCUT2D eigenvalue weighted by Gasteiger charge is -2.43. The first-order valence-electron chi connectivity index (χ1n) is 9.02. The van der Waals surface area contributed by atoms with Crippen molar-refractivity contribution in [3.8, 4) is 5.75 Å². The number of methoxy groups -OCH3 is 1. The van der Waals surface area contributed by atoms with Crippen LogP contribution in [0.15, 0.2) is 24.3 Å². The van der Waals surface area contributed by atoms with Gasteiger partial charge < -0.3 is 14.8 Å². The average Bonchev–Trinajstić information content (AvgIpc) is 2.62. The van der Waals surface area contributed by atoms with Crippen LogP contribution in [0.4, 0.5) is 0 Å². The Morgan fingerprint density at radius 3 is 3.04 bits per heavy atom. The maximum absolute atomic E-state index is 12.3. The van der Waals surface area contributed by atoms with Gasteiger partial charge in [-0.2, -0.15) is 0 Å². The minimum Gasteiger partial charge on any atom is -0.496 e. The minimum atomic E-state index is 0.108. The minimum absolute atomic E-state index is 0.108. The predicted octanol–water partition coefficient (Wildman–Crippen LogP) is 2.00. The summed E-state index contributed by atoms with van der Waals surface area (Å²) in [5.74, 6) is 0.987.